The molecule has 0 aromatic heterocycles. The second-order valence-electron chi connectivity index (χ2n) is 9.89. The van der Waals surface area contributed by atoms with Crippen LogP contribution in [0.1, 0.15) is 26.7 Å². The van der Waals surface area contributed by atoms with Crippen LogP contribution in [0.15, 0.2) is 0 Å². The third-order valence-electron chi connectivity index (χ3n) is 6.57. The van der Waals surface area contributed by atoms with Crippen molar-refractivity contribution in [1.29, 1.82) is 0 Å². The first-order chi connectivity index (χ1) is 18.9. The van der Waals surface area contributed by atoms with E-state index in [1.54, 1.807) is 0 Å². The lowest BCUT2D eigenvalue weighted by atomic mass is 9.88. The van der Waals surface area contributed by atoms with Gasteiger partial charge in [-0.25, -0.2) is 9.59 Å². The van der Waals surface area contributed by atoms with Crippen LogP contribution in [0.4, 0.5) is 0 Å². The molecule has 2 heterocycles. The van der Waals surface area contributed by atoms with Crippen LogP contribution in [-0.2, 0) is 33.4 Å². The Bertz CT molecular complexity index is 894. The third kappa shape index (κ3) is 7.91. The van der Waals surface area contributed by atoms with Crippen LogP contribution >= 0.6 is 0 Å². The molecule has 41 heavy (non-hydrogen) atoms. The Balaban J connectivity index is 2.31. The molecule has 0 spiro atoms. The van der Waals surface area contributed by atoms with E-state index < -0.39 is 122 Å². The molecular formula is C22H36N2O17. The molecule has 0 aromatic rings. The van der Waals surface area contributed by atoms with Gasteiger partial charge in [-0.05, 0) is 0 Å². The van der Waals surface area contributed by atoms with Crippen LogP contribution in [0.3, 0.4) is 0 Å². The minimum absolute atomic E-state index is 0.757. The number of carbonyl (C=O) groups excluding carboxylic acids is 4. The molecule has 12 atom stereocenters. The highest BCUT2D eigenvalue weighted by Gasteiger charge is 2.58. The number of carbonyl (C=O) groups is 4. The number of amides is 2. The topological polar surface area (TPSA) is 322 Å². The molecule has 19 heteroatoms. The molecule has 19 nitrogen and oxygen atoms in total. The maximum atomic E-state index is 12.8. The van der Waals surface area contributed by atoms with E-state index in [1.165, 1.54) is 0 Å². The standard InChI is InChI=1S/C22H36N2O17/c1-7(27)23-13-9(29)3-21(37,40-17(13)15(33)11(31)5-25)19(35)39-20(36)22(38)4-10(30)14(24-8(2)28)18(41-22)16(34)12(32)6-26/h9-18,25-26,29-34,37-38H,3-6H2,1-2H3,(H,23,27)(H,24,28)/t9-,10-,11+,12+,13+,14+,15+,16+,17+,18+,21-,22-/m0/s1. The average Bonchev–Trinajstić information content (AvgIpc) is 2.89. The minimum atomic E-state index is -3.26. The minimum Gasteiger partial charge on any atom is -0.394 e. The van der Waals surface area contributed by atoms with Gasteiger partial charge in [0.05, 0.1) is 37.5 Å². The molecule has 0 saturated carbocycles. The largest absolute Gasteiger partial charge is 0.394 e. The highest BCUT2D eigenvalue weighted by molar-refractivity contribution is 5.92. The van der Waals surface area contributed by atoms with Crippen molar-refractivity contribution in [1.82, 2.24) is 10.6 Å². The molecule has 236 valence electrons. The van der Waals surface area contributed by atoms with Crippen LogP contribution in [0.5, 0.6) is 0 Å². The number of hydrogen-bond donors (Lipinski definition) is 12. The lowest BCUT2D eigenvalue weighted by Crippen LogP contribution is -2.69. The molecule has 0 aromatic carbocycles. The van der Waals surface area contributed by atoms with E-state index in [1.807, 2.05) is 0 Å². The summed E-state index contributed by atoms with van der Waals surface area (Å²) in [6, 6.07) is -3.08. The molecule has 0 unspecified atom stereocenters. The number of aliphatic hydroxyl groups excluding tert-OH is 8. The summed E-state index contributed by atoms with van der Waals surface area (Å²) in [6.07, 6.45) is -18.0. The Labute approximate surface area is 231 Å². The van der Waals surface area contributed by atoms with Crippen LogP contribution in [0.25, 0.3) is 0 Å². The molecule has 2 saturated heterocycles. The number of rotatable bonds is 10. The van der Waals surface area contributed by atoms with Gasteiger partial charge in [-0.15, -0.1) is 0 Å². The van der Waals surface area contributed by atoms with Crippen LogP contribution in [0.2, 0.25) is 0 Å². The zero-order valence-corrected chi connectivity index (χ0v) is 21.9. The van der Waals surface area contributed by atoms with Crippen LogP contribution in [-0.4, -0.2) is 161 Å². The molecule has 2 rings (SSSR count). The van der Waals surface area contributed by atoms with Gasteiger partial charge in [0.15, 0.2) is 0 Å². The Morgan fingerprint density at radius 1 is 0.756 bits per heavy atom. The lowest BCUT2D eigenvalue weighted by Gasteiger charge is -2.46. The average molecular weight is 601 g/mol. The molecule has 2 amide bonds. The van der Waals surface area contributed by atoms with E-state index in [9.17, 15) is 60.0 Å². The van der Waals surface area contributed by atoms with Gasteiger partial charge in [-0.3, -0.25) is 9.59 Å². The van der Waals surface area contributed by atoms with Gasteiger partial charge in [-0.1, -0.05) is 0 Å². The molecular weight excluding hydrogens is 564 g/mol. The van der Waals surface area contributed by atoms with Gasteiger partial charge in [0.25, 0.3) is 11.6 Å². The Kier molecular flexibility index (Phi) is 11.6. The Morgan fingerprint density at radius 2 is 1.07 bits per heavy atom. The molecule has 12 N–H and O–H groups in total. The van der Waals surface area contributed by atoms with E-state index in [4.69, 9.17) is 19.7 Å². The van der Waals surface area contributed by atoms with Gasteiger partial charge >= 0.3 is 11.9 Å². The normalized spacial score (nSPS) is 36.8. The van der Waals surface area contributed by atoms with E-state index in [0.717, 1.165) is 13.8 Å². The van der Waals surface area contributed by atoms with E-state index >= 15 is 0 Å². The van der Waals surface area contributed by atoms with Gasteiger partial charge in [0.2, 0.25) is 11.8 Å². The second-order valence-corrected chi connectivity index (χ2v) is 9.89. The SMILES string of the molecule is CC(=O)N[C@H]1[C@H]([C@H](O)[C@H](O)CO)O[C@](O)(C(=O)OC(=O)[C@]2(O)C[C@H](O)[C@@H](NC(C)=O)[C@H]([C@H](O)[C@H](O)CO)O2)C[C@@H]1O. The first-order valence-electron chi connectivity index (χ1n) is 12.3. The van der Waals surface area contributed by atoms with Crippen molar-refractivity contribution in [2.75, 3.05) is 13.2 Å². The number of aliphatic hydroxyl groups is 10. The van der Waals surface area contributed by atoms with Crippen LogP contribution in [0, 0.1) is 0 Å². The fourth-order valence-corrected chi connectivity index (χ4v) is 4.50. The van der Waals surface area contributed by atoms with Crippen LogP contribution < -0.4 is 10.6 Å². The summed E-state index contributed by atoms with van der Waals surface area (Å²) in [7, 11) is 0. The predicted molar refractivity (Wildman–Crippen MR) is 125 cm³/mol. The van der Waals surface area contributed by atoms with E-state index in [2.05, 4.69) is 15.4 Å². The zero-order valence-electron chi connectivity index (χ0n) is 21.9. The second kappa shape index (κ2) is 13.7. The van der Waals surface area contributed by atoms with Gasteiger partial charge < -0.3 is 75.9 Å². The van der Waals surface area contributed by atoms with Crippen molar-refractivity contribution in [2.45, 2.75) is 99.2 Å². The van der Waals surface area contributed by atoms with Gasteiger partial charge in [-0.2, -0.15) is 0 Å². The maximum Gasteiger partial charge on any atom is 0.374 e. The highest BCUT2D eigenvalue weighted by atomic mass is 16.7. The summed E-state index contributed by atoms with van der Waals surface area (Å²) < 4.78 is 14.7. The summed E-state index contributed by atoms with van der Waals surface area (Å²) in [4.78, 5) is 48.8. The quantitative estimate of drug-likeness (QED) is 0.0818. The number of esters is 2. The van der Waals surface area contributed by atoms with Crippen molar-refractivity contribution >= 4 is 23.8 Å². The fourth-order valence-electron chi connectivity index (χ4n) is 4.50. The van der Waals surface area contributed by atoms with Gasteiger partial charge in [0, 0.05) is 26.7 Å². The summed E-state index contributed by atoms with van der Waals surface area (Å²) in [5, 5.41) is 106. The summed E-state index contributed by atoms with van der Waals surface area (Å²) in [5.41, 5.74) is 0. The lowest BCUT2D eigenvalue weighted by molar-refractivity contribution is -0.309. The van der Waals surface area contributed by atoms with Crippen molar-refractivity contribution in [2.24, 2.45) is 0 Å². The Morgan fingerprint density at radius 3 is 1.34 bits per heavy atom. The third-order valence-corrected chi connectivity index (χ3v) is 6.57. The summed E-state index contributed by atoms with van der Waals surface area (Å²) in [5.74, 6) is -12.0. The maximum absolute atomic E-state index is 12.8. The molecule has 0 radical (unpaired) electrons. The molecule has 2 aliphatic rings. The van der Waals surface area contributed by atoms with Crippen molar-refractivity contribution in [3.63, 3.8) is 0 Å². The molecule has 2 aliphatic heterocycles. The highest BCUT2D eigenvalue weighted by Crippen LogP contribution is 2.34. The summed E-state index contributed by atoms with van der Waals surface area (Å²) in [6.45, 7) is -0.0529. The van der Waals surface area contributed by atoms with Gasteiger partial charge in [0.1, 0.15) is 36.6 Å². The number of ether oxygens (including phenoxy) is 3. The smallest absolute Gasteiger partial charge is 0.374 e. The van der Waals surface area contributed by atoms with E-state index in [0.29, 0.717) is 0 Å². The number of hydrogen-bond acceptors (Lipinski definition) is 17. The predicted octanol–water partition coefficient (Wildman–Crippen LogP) is -7.83. The fraction of sp³-hybridized carbons (Fsp3) is 0.818. The molecule has 0 aliphatic carbocycles. The first-order valence-corrected chi connectivity index (χ1v) is 12.3. The van der Waals surface area contributed by atoms with Crippen molar-refractivity contribution < 1.29 is 84.5 Å². The van der Waals surface area contributed by atoms with Crippen molar-refractivity contribution in [3.05, 3.63) is 0 Å². The summed E-state index contributed by atoms with van der Waals surface area (Å²) >= 11 is 0. The molecule has 0 bridgehead atoms. The monoisotopic (exact) mass is 600 g/mol. The van der Waals surface area contributed by atoms with E-state index in [-0.39, 0.29) is 0 Å². The number of nitrogens with one attached hydrogen (secondary N) is 2. The Hall–Kier alpha value is -2.40. The van der Waals surface area contributed by atoms with Crippen molar-refractivity contribution in [3.8, 4) is 0 Å². The molecule has 2 fully saturated rings. The zero-order chi connectivity index (χ0) is 31.4. The first kappa shape index (κ1) is 34.8.